The Bertz CT molecular complexity index is 1200. The minimum Gasteiger partial charge on any atom is -0.489 e. The second-order valence-electron chi connectivity index (χ2n) is 7.45. The molecule has 0 amide bonds. The quantitative estimate of drug-likeness (QED) is 0.331. The molecule has 0 saturated carbocycles. The van der Waals surface area contributed by atoms with E-state index in [1.807, 2.05) is 18.2 Å². The molecule has 4 aromatic rings. The Kier molecular flexibility index (Phi) is 6.17. The van der Waals surface area contributed by atoms with Crippen molar-refractivity contribution in [3.8, 4) is 5.75 Å². The van der Waals surface area contributed by atoms with Gasteiger partial charge in [0.1, 0.15) is 12.4 Å². The fourth-order valence-corrected chi connectivity index (χ4v) is 3.79. The number of benzene rings is 4. The normalized spacial score (nSPS) is 10.9. The first-order chi connectivity index (χ1) is 14.5. The molecule has 4 heteroatoms. The van der Waals surface area contributed by atoms with Crippen molar-refractivity contribution in [3.63, 3.8) is 0 Å². The first kappa shape index (κ1) is 20.6. The van der Waals surface area contributed by atoms with E-state index < -0.39 is 0 Å². The lowest BCUT2D eigenvalue weighted by Gasteiger charge is -2.16. The molecule has 0 bridgehead atoms. The van der Waals surface area contributed by atoms with Gasteiger partial charge in [0.2, 0.25) is 0 Å². The van der Waals surface area contributed by atoms with Crippen LogP contribution in [0, 0.1) is 13.8 Å². The molecule has 0 unspecified atom stereocenters. The molecule has 0 heterocycles. The van der Waals surface area contributed by atoms with Crippen molar-refractivity contribution in [1.29, 1.82) is 0 Å². The second-order valence-corrected chi connectivity index (χ2v) is 8.27. The average Bonchev–Trinajstić information content (AvgIpc) is 2.75. The van der Waals surface area contributed by atoms with Gasteiger partial charge in [0.05, 0.1) is 10.0 Å². The first-order valence-electron chi connectivity index (χ1n) is 9.90. The highest BCUT2D eigenvalue weighted by molar-refractivity contribution is 6.42. The summed E-state index contributed by atoms with van der Waals surface area (Å²) in [6.07, 6.45) is 0. The third-order valence-corrected chi connectivity index (χ3v) is 6.09. The van der Waals surface area contributed by atoms with Crippen molar-refractivity contribution in [1.82, 2.24) is 0 Å². The lowest BCUT2D eigenvalue weighted by molar-refractivity contribution is 0.304. The van der Waals surface area contributed by atoms with Gasteiger partial charge in [-0.25, -0.2) is 0 Å². The van der Waals surface area contributed by atoms with E-state index in [0.717, 1.165) is 22.6 Å². The van der Waals surface area contributed by atoms with E-state index in [0.29, 0.717) is 23.2 Å². The van der Waals surface area contributed by atoms with Crippen molar-refractivity contribution in [2.24, 2.45) is 0 Å². The van der Waals surface area contributed by atoms with Crippen LogP contribution in [0.15, 0.2) is 72.8 Å². The van der Waals surface area contributed by atoms with Crippen molar-refractivity contribution in [2.45, 2.75) is 27.0 Å². The third kappa shape index (κ3) is 4.56. The van der Waals surface area contributed by atoms with E-state index in [1.54, 1.807) is 6.07 Å². The fourth-order valence-electron chi connectivity index (χ4n) is 3.47. The maximum atomic E-state index is 6.22. The van der Waals surface area contributed by atoms with Crippen LogP contribution in [0.2, 0.25) is 10.0 Å². The smallest absolute Gasteiger partial charge is 0.125 e. The molecule has 0 aliphatic carbocycles. The van der Waals surface area contributed by atoms with Crippen LogP contribution in [-0.2, 0) is 13.2 Å². The van der Waals surface area contributed by atoms with Crippen LogP contribution in [0.25, 0.3) is 10.8 Å². The average molecular weight is 436 g/mol. The van der Waals surface area contributed by atoms with E-state index in [-0.39, 0.29) is 0 Å². The highest BCUT2D eigenvalue weighted by atomic mass is 35.5. The van der Waals surface area contributed by atoms with Crippen LogP contribution >= 0.6 is 23.2 Å². The highest BCUT2D eigenvalue weighted by Crippen LogP contribution is 2.30. The Morgan fingerprint density at radius 1 is 0.800 bits per heavy atom. The van der Waals surface area contributed by atoms with Crippen LogP contribution in [0.5, 0.6) is 5.75 Å². The number of rotatable bonds is 6. The van der Waals surface area contributed by atoms with E-state index in [4.69, 9.17) is 27.9 Å². The van der Waals surface area contributed by atoms with Crippen molar-refractivity contribution < 1.29 is 4.74 Å². The lowest BCUT2D eigenvalue weighted by atomic mass is 10.0. The molecule has 0 saturated heterocycles. The Balaban J connectivity index is 1.61. The van der Waals surface area contributed by atoms with Gasteiger partial charge < -0.3 is 10.1 Å². The molecule has 1 N–H and O–H groups in total. The summed E-state index contributed by atoms with van der Waals surface area (Å²) in [7, 11) is 0. The molecular formula is C26H23Cl2NO. The molecule has 2 nitrogen and oxygen atoms in total. The summed E-state index contributed by atoms with van der Waals surface area (Å²) in [4.78, 5) is 0. The summed E-state index contributed by atoms with van der Waals surface area (Å²) in [5, 5.41) is 7.01. The Morgan fingerprint density at radius 3 is 2.43 bits per heavy atom. The molecule has 152 valence electrons. The maximum Gasteiger partial charge on any atom is 0.125 e. The van der Waals surface area contributed by atoms with E-state index in [1.165, 1.54) is 21.9 Å². The molecule has 4 aromatic carbocycles. The molecular weight excluding hydrogens is 413 g/mol. The molecule has 0 atom stereocenters. The van der Waals surface area contributed by atoms with Gasteiger partial charge in [-0.05, 0) is 71.6 Å². The number of aryl methyl sites for hydroxylation is 2. The monoisotopic (exact) mass is 435 g/mol. The van der Waals surface area contributed by atoms with Gasteiger partial charge >= 0.3 is 0 Å². The summed E-state index contributed by atoms with van der Waals surface area (Å²) >= 11 is 12.2. The topological polar surface area (TPSA) is 21.3 Å². The van der Waals surface area contributed by atoms with E-state index in [2.05, 4.69) is 67.7 Å². The van der Waals surface area contributed by atoms with Crippen molar-refractivity contribution in [2.75, 3.05) is 5.32 Å². The van der Waals surface area contributed by atoms with E-state index in [9.17, 15) is 0 Å². The number of anilines is 1. The number of halogens is 2. The summed E-state index contributed by atoms with van der Waals surface area (Å²) in [5.74, 6) is 0.858. The predicted molar refractivity (Wildman–Crippen MR) is 128 cm³/mol. The zero-order valence-corrected chi connectivity index (χ0v) is 18.5. The fraction of sp³-hybridized carbons (Fsp3) is 0.154. The first-order valence-corrected chi connectivity index (χ1v) is 10.7. The maximum absolute atomic E-state index is 6.22. The van der Waals surface area contributed by atoms with Gasteiger partial charge in [-0.3, -0.25) is 0 Å². The predicted octanol–water partition coefficient (Wildman–Crippen LogP) is 7.95. The zero-order valence-electron chi connectivity index (χ0n) is 17.0. The van der Waals surface area contributed by atoms with E-state index >= 15 is 0 Å². The number of fused-ring (bicyclic) bond motifs is 1. The molecule has 30 heavy (non-hydrogen) atoms. The summed E-state index contributed by atoms with van der Waals surface area (Å²) in [5.41, 5.74) is 5.77. The lowest BCUT2D eigenvalue weighted by Crippen LogP contribution is -2.05. The minimum atomic E-state index is 0.422. The highest BCUT2D eigenvalue weighted by Gasteiger charge is 2.10. The SMILES string of the molecule is Cc1ccc(NCc2c(OCc3ccc(Cl)c(Cl)c3)ccc3ccccc23)cc1C. The van der Waals surface area contributed by atoms with Gasteiger partial charge in [-0.15, -0.1) is 0 Å². The van der Waals surface area contributed by atoms with Crippen LogP contribution < -0.4 is 10.1 Å². The largest absolute Gasteiger partial charge is 0.489 e. The van der Waals surface area contributed by atoms with Gasteiger partial charge in [0, 0.05) is 17.8 Å². The van der Waals surface area contributed by atoms with Gasteiger partial charge in [0.15, 0.2) is 0 Å². The molecule has 0 radical (unpaired) electrons. The van der Waals surface area contributed by atoms with Crippen LogP contribution in [0.3, 0.4) is 0 Å². The minimum absolute atomic E-state index is 0.422. The molecule has 0 fully saturated rings. The Morgan fingerprint density at radius 2 is 1.63 bits per heavy atom. The number of ether oxygens (including phenoxy) is 1. The molecule has 0 aromatic heterocycles. The van der Waals surface area contributed by atoms with Crippen LogP contribution in [-0.4, -0.2) is 0 Å². The standard InChI is InChI=1S/C26H23Cl2NO/c1-17-7-10-21(13-18(17)2)29-15-23-22-6-4-3-5-20(22)9-12-26(23)30-16-19-8-11-24(27)25(28)14-19/h3-14,29H,15-16H2,1-2H3. The third-order valence-electron chi connectivity index (χ3n) is 5.35. The molecule has 0 spiro atoms. The van der Waals surface area contributed by atoms with Crippen molar-refractivity contribution in [3.05, 3.63) is 105 Å². The van der Waals surface area contributed by atoms with Crippen LogP contribution in [0.4, 0.5) is 5.69 Å². The Hall–Kier alpha value is -2.68. The summed E-state index contributed by atoms with van der Waals surface area (Å²) in [6.45, 7) is 5.34. The van der Waals surface area contributed by atoms with Gasteiger partial charge in [-0.2, -0.15) is 0 Å². The molecule has 0 aliphatic heterocycles. The van der Waals surface area contributed by atoms with Crippen molar-refractivity contribution >= 4 is 39.7 Å². The molecule has 0 aliphatic rings. The van der Waals surface area contributed by atoms with Crippen LogP contribution in [0.1, 0.15) is 22.3 Å². The van der Waals surface area contributed by atoms with Gasteiger partial charge in [0.25, 0.3) is 0 Å². The number of hydrogen-bond acceptors (Lipinski definition) is 2. The zero-order chi connectivity index (χ0) is 21.1. The van der Waals surface area contributed by atoms with Gasteiger partial charge in [-0.1, -0.05) is 65.7 Å². The summed E-state index contributed by atoms with van der Waals surface area (Å²) < 4.78 is 6.22. The second kappa shape index (κ2) is 8.99. The Labute approximate surface area is 187 Å². The molecule has 4 rings (SSSR count). The number of nitrogens with one attached hydrogen (secondary N) is 1. The number of hydrogen-bond donors (Lipinski definition) is 1. The summed E-state index contributed by atoms with van der Waals surface area (Å²) in [6, 6.07) is 24.5.